The third kappa shape index (κ3) is 5.97. The smallest absolute Gasteiger partial charge is 0.241 e. The Morgan fingerprint density at radius 2 is 1.77 bits per heavy atom. The van der Waals surface area contributed by atoms with Crippen molar-refractivity contribution in [3.05, 3.63) is 29.3 Å². The molecule has 26 heavy (non-hydrogen) atoms. The fourth-order valence-corrected chi connectivity index (χ4v) is 3.77. The van der Waals surface area contributed by atoms with Crippen molar-refractivity contribution in [2.24, 2.45) is 5.92 Å². The van der Waals surface area contributed by atoms with E-state index in [2.05, 4.69) is 47.6 Å². The van der Waals surface area contributed by atoms with E-state index in [4.69, 9.17) is 0 Å². The van der Waals surface area contributed by atoms with Gasteiger partial charge in [0.1, 0.15) is 0 Å². The second-order valence-electron chi connectivity index (χ2n) is 7.20. The molecule has 1 atom stereocenters. The zero-order valence-electron chi connectivity index (χ0n) is 16.8. The average Bonchev–Trinajstić information content (AvgIpc) is 2.66. The molecule has 1 unspecified atom stereocenters. The molecule has 1 aromatic carbocycles. The number of likely N-dealkylation sites (tertiary alicyclic amines) is 1. The molecule has 0 aromatic heterocycles. The Morgan fingerprint density at radius 3 is 2.27 bits per heavy atom. The van der Waals surface area contributed by atoms with Gasteiger partial charge >= 0.3 is 0 Å². The summed E-state index contributed by atoms with van der Waals surface area (Å²) in [5.74, 6) is 0.927. The van der Waals surface area contributed by atoms with Crippen molar-refractivity contribution in [2.75, 3.05) is 32.0 Å². The number of carbonyl (C=O) groups is 1. The summed E-state index contributed by atoms with van der Waals surface area (Å²) in [6, 6.07) is 6.26. The highest BCUT2D eigenvalue weighted by Crippen LogP contribution is 2.25. The van der Waals surface area contributed by atoms with Crippen LogP contribution in [0.4, 0.5) is 5.69 Å². The predicted octanol–water partition coefficient (Wildman–Crippen LogP) is 3.88. The highest BCUT2D eigenvalue weighted by molar-refractivity contribution is 5.96. The largest absolute Gasteiger partial charge is 0.324 e. The van der Waals surface area contributed by atoms with E-state index in [0.717, 1.165) is 44.1 Å². The van der Waals surface area contributed by atoms with Gasteiger partial charge in [0.25, 0.3) is 0 Å². The van der Waals surface area contributed by atoms with Gasteiger partial charge in [0.05, 0.1) is 6.04 Å². The molecule has 148 valence electrons. The minimum absolute atomic E-state index is 0. The summed E-state index contributed by atoms with van der Waals surface area (Å²) in [6.07, 6.45) is 5.52. The highest BCUT2D eigenvalue weighted by atomic mass is 35.5. The monoisotopic (exact) mass is 381 g/mol. The van der Waals surface area contributed by atoms with Crippen LogP contribution in [0.3, 0.4) is 0 Å². The molecule has 1 aliphatic rings. The van der Waals surface area contributed by atoms with E-state index < -0.39 is 0 Å². The average molecular weight is 382 g/mol. The van der Waals surface area contributed by atoms with Gasteiger partial charge in [0.2, 0.25) is 5.91 Å². The Kier molecular flexibility index (Phi) is 10.2. The van der Waals surface area contributed by atoms with Crippen molar-refractivity contribution in [2.45, 2.75) is 58.9 Å². The van der Waals surface area contributed by atoms with Gasteiger partial charge in [-0.2, -0.15) is 0 Å². The molecule has 0 aliphatic carbocycles. The summed E-state index contributed by atoms with van der Waals surface area (Å²) in [4.78, 5) is 15.2. The van der Waals surface area contributed by atoms with Crippen molar-refractivity contribution in [3.8, 4) is 0 Å². The third-order valence-electron chi connectivity index (χ3n) is 5.63. The summed E-state index contributed by atoms with van der Waals surface area (Å²) in [5, 5.41) is 6.47. The van der Waals surface area contributed by atoms with Gasteiger partial charge in [-0.3, -0.25) is 9.69 Å². The van der Waals surface area contributed by atoms with Crippen LogP contribution in [-0.2, 0) is 17.6 Å². The molecule has 0 radical (unpaired) electrons. The number of piperidine rings is 1. The van der Waals surface area contributed by atoms with E-state index in [1.165, 1.54) is 30.4 Å². The van der Waals surface area contributed by atoms with Crippen molar-refractivity contribution < 1.29 is 4.79 Å². The van der Waals surface area contributed by atoms with Gasteiger partial charge in [0, 0.05) is 5.69 Å². The second-order valence-corrected chi connectivity index (χ2v) is 7.20. The fourth-order valence-electron chi connectivity index (χ4n) is 3.77. The lowest BCUT2D eigenvalue weighted by molar-refractivity contribution is -0.121. The SMILES string of the molecule is CCc1cccc(CC)c1NC(=O)C(C)N1CCC(CCNC)CC1.Cl. The van der Waals surface area contributed by atoms with E-state index in [1.807, 2.05) is 14.0 Å². The molecular weight excluding hydrogens is 346 g/mol. The van der Waals surface area contributed by atoms with Gasteiger partial charge in [-0.1, -0.05) is 32.0 Å². The minimum atomic E-state index is -0.0696. The maximum absolute atomic E-state index is 12.8. The molecule has 0 bridgehead atoms. The molecule has 2 rings (SSSR count). The summed E-state index contributed by atoms with van der Waals surface area (Å²) < 4.78 is 0. The Labute approximate surface area is 165 Å². The van der Waals surface area contributed by atoms with Crippen molar-refractivity contribution >= 4 is 24.0 Å². The maximum Gasteiger partial charge on any atom is 0.241 e. The lowest BCUT2D eigenvalue weighted by Crippen LogP contribution is -2.46. The maximum atomic E-state index is 12.8. The Balaban J connectivity index is 0.00000338. The highest BCUT2D eigenvalue weighted by Gasteiger charge is 2.27. The number of amides is 1. The van der Waals surface area contributed by atoms with Gasteiger partial charge in [-0.15, -0.1) is 12.4 Å². The van der Waals surface area contributed by atoms with Crippen LogP contribution in [0.1, 0.15) is 51.2 Å². The van der Waals surface area contributed by atoms with Crippen LogP contribution in [0.25, 0.3) is 0 Å². The first-order valence-corrected chi connectivity index (χ1v) is 9.90. The number of carbonyl (C=O) groups excluding carboxylic acids is 1. The van der Waals surface area contributed by atoms with Crippen LogP contribution in [0.5, 0.6) is 0 Å². The molecule has 1 aliphatic heterocycles. The quantitative estimate of drug-likeness (QED) is 0.718. The summed E-state index contributed by atoms with van der Waals surface area (Å²) in [5.41, 5.74) is 3.49. The van der Waals surface area contributed by atoms with Crippen molar-refractivity contribution in [1.29, 1.82) is 0 Å². The lowest BCUT2D eigenvalue weighted by atomic mass is 9.92. The summed E-state index contributed by atoms with van der Waals surface area (Å²) in [7, 11) is 2.01. The Morgan fingerprint density at radius 1 is 1.19 bits per heavy atom. The number of aryl methyl sites for hydroxylation is 2. The number of para-hydroxylation sites is 1. The normalized spacial score (nSPS) is 16.8. The van der Waals surface area contributed by atoms with E-state index >= 15 is 0 Å². The van der Waals surface area contributed by atoms with Gasteiger partial charge in [-0.25, -0.2) is 0 Å². The van der Waals surface area contributed by atoms with Crippen LogP contribution < -0.4 is 10.6 Å². The zero-order chi connectivity index (χ0) is 18.2. The lowest BCUT2D eigenvalue weighted by Gasteiger charge is -2.35. The van der Waals surface area contributed by atoms with Gasteiger partial charge in [-0.05, 0) is 82.8 Å². The first-order chi connectivity index (χ1) is 12.1. The number of nitrogens with one attached hydrogen (secondary N) is 2. The van der Waals surface area contributed by atoms with Gasteiger partial charge < -0.3 is 10.6 Å². The van der Waals surface area contributed by atoms with E-state index in [-0.39, 0.29) is 24.4 Å². The van der Waals surface area contributed by atoms with E-state index in [0.29, 0.717) is 0 Å². The molecule has 1 amide bonds. The van der Waals surface area contributed by atoms with E-state index in [9.17, 15) is 4.79 Å². The number of hydrogen-bond donors (Lipinski definition) is 2. The molecule has 1 saturated heterocycles. The molecule has 0 saturated carbocycles. The van der Waals surface area contributed by atoms with Crippen molar-refractivity contribution in [3.63, 3.8) is 0 Å². The van der Waals surface area contributed by atoms with Crippen molar-refractivity contribution in [1.82, 2.24) is 10.2 Å². The fraction of sp³-hybridized carbons (Fsp3) is 0.667. The number of benzene rings is 1. The van der Waals surface area contributed by atoms with E-state index in [1.54, 1.807) is 0 Å². The van der Waals surface area contributed by atoms with Crippen LogP contribution in [0, 0.1) is 5.92 Å². The Bertz CT molecular complexity index is 534. The van der Waals surface area contributed by atoms with Crippen LogP contribution in [-0.4, -0.2) is 43.5 Å². The van der Waals surface area contributed by atoms with Gasteiger partial charge in [0.15, 0.2) is 0 Å². The zero-order valence-corrected chi connectivity index (χ0v) is 17.6. The topological polar surface area (TPSA) is 44.4 Å². The molecule has 1 aromatic rings. The second kappa shape index (κ2) is 11.6. The summed E-state index contributed by atoms with van der Waals surface area (Å²) in [6.45, 7) is 9.48. The number of nitrogens with zero attached hydrogens (tertiary/aromatic N) is 1. The predicted molar refractivity (Wildman–Crippen MR) is 113 cm³/mol. The summed E-state index contributed by atoms with van der Waals surface area (Å²) >= 11 is 0. The molecule has 1 fully saturated rings. The van der Waals surface area contributed by atoms with Crippen LogP contribution in [0.2, 0.25) is 0 Å². The molecule has 5 heteroatoms. The third-order valence-corrected chi connectivity index (χ3v) is 5.63. The number of anilines is 1. The number of halogens is 1. The minimum Gasteiger partial charge on any atom is -0.324 e. The molecule has 0 spiro atoms. The number of hydrogen-bond acceptors (Lipinski definition) is 3. The number of rotatable bonds is 8. The molecule has 4 nitrogen and oxygen atoms in total. The van der Waals surface area contributed by atoms with Crippen LogP contribution in [0.15, 0.2) is 18.2 Å². The first-order valence-electron chi connectivity index (χ1n) is 9.90. The standard InChI is InChI=1S/C21H35N3O.ClH/c1-5-18-8-7-9-19(6-2)20(18)23-21(25)16(3)24-14-11-17(12-15-24)10-13-22-4;/h7-9,16-17,22H,5-6,10-15H2,1-4H3,(H,23,25);1H. The molecular formula is C21H36ClN3O. The molecule has 2 N–H and O–H groups in total. The Hall–Kier alpha value is -1.10. The van der Waals surface area contributed by atoms with Crippen LogP contribution >= 0.6 is 12.4 Å². The molecule has 1 heterocycles. The first kappa shape index (κ1) is 22.9.